The number of carbonyl (C=O) groups is 3. The number of ether oxygens (including phenoxy) is 1. The van der Waals surface area contributed by atoms with Gasteiger partial charge in [-0.15, -0.1) is 0 Å². The molecule has 3 fully saturated rings. The molecule has 0 radical (unpaired) electrons. The molecule has 182 valence electrons. The van der Waals surface area contributed by atoms with E-state index < -0.39 is 35.5 Å². The molecule has 0 aromatic rings. The van der Waals surface area contributed by atoms with Crippen molar-refractivity contribution in [3.8, 4) is 0 Å². The molecule has 6 nitrogen and oxygen atoms in total. The first-order valence-corrected chi connectivity index (χ1v) is 12.2. The lowest BCUT2D eigenvalue weighted by atomic mass is 9.46. The predicted molar refractivity (Wildman–Crippen MR) is 123 cm³/mol. The van der Waals surface area contributed by atoms with E-state index in [1.165, 1.54) is 0 Å². The van der Waals surface area contributed by atoms with Crippen molar-refractivity contribution in [1.29, 1.82) is 0 Å². The summed E-state index contributed by atoms with van der Waals surface area (Å²) in [4.78, 5) is 37.3. The number of carbonyl (C=O) groups excluding carboxylic acids is 3. The number of allylic oxidation sites excluding steroid dienone is 4. The second-order valence-corrected chi connectivity index (χ2v) is 12.4. The summed E-state index contributed by atoms with van der Waals surface area (Å²) in [6.07, 6.45) is 7.70. The van der Waals surface area contributed by atoms with E-state index in [-0.39, 0.29) is 40.8 Å². The van der Waals surface area contributed by atoms with Gasteiger partial charge in [-0.05, 0) is 61.5 Å². The molecular weight excluding hydrogens is 420 g/mol. The highest BCUT2D eigenvalue weighted by Crippen LogP contribution is 2.67. The Balaban J connectivity index is 1.55. The zero-order valence-corrected chi connectivity index (χ0v) is 20.5. The summed E-state index contributed by atoms with van der Waals surface area (Å²) >= 11 is 0. The lowest BCUT2D eigenvalue weighted by Crippen LogP contribution is -2.61. The first-order valence-electron chi connectivity index (χ1n) is 12.2. The normalized spacial score (nSPS) is 42.2. The maximum atomic E-state index is 13.2. The molecule has 0 aliphatic heterocycles. The van der Waals surface area contributed by atoms with Crippen LogP contribution in [0.4, 0.5) is 0 Å². The molecule has 2 N–H and O–H groups in total. The summed E-state index contributed by atoms with van der Waals surface area (Å²) in [6, 6.07) is 0. The van der Waals surface area contributed by atoms with Crippen LogP contribution < -0.4 is 0 Å². The molecule has 33 heavy (non-hydrogen) atoms. The Labute approximate surface area is 196 Å². The van der Waals surface area contributed by atoms with Gasteiger partial charge in [-0.25, -0.2) is 0 Å². The third-order valence-electron chi connectivity index (χ3n) is 9.15. The first kappa shape index (κ1) is 24.3. The molecule has 4 aliphatic carbocycles. The highest BCUT2D eigenvalue weighted by atomic mass is 16.5. The molecule has 6 heteroatoms. The molecule has 1 unspecified atom stereocenters. The van der Waals surface area contributed by atoms with Crippen LogP contribution in [0.1, 0.15) is 73.1 Å². The zero-order valence-electron chi connectivity index (χ0n) is 20.5. The van der Waals surface area contributed by atoms with Gasteiger partial charge in [0.2, 0.25) is 5.78 Å². The summed E-state index contributed by atoms with van der Waals surface area (Å²) in [5.74, 6) is -0.745. The van der Waals surface area contributed by atoms with Gasteiger partial charge in [-0.3, -0.25) is 14.4 Å². The van der Waals surface area contributed by atoms with Crippen LogP contribution in [0.2, 0.25) is 0 Å². The third kappa shape index (κ3) is 3.83. The van der Waals surface area contributed by atoms with Crippen molar-refractivity contribution in [3.05, 3.63) is 23.8 Å². The first-order chi connectivity index (χ1) is 15.2. The molecule has 0 aromatic carbocycles. The number of ketones is 2. The minimum absolute atomic E-state index is 0.00194. The van der Waals surface area contributed by atoms with Crippen LogP contribution in [0.3, 0.4) is 0 Å². The second-order valence-electron chi connectivity index (χ2n) is 12.4. The molecule has 4 aliphatic rings. The molecule has 0 aromatic heterocycles. The minimum atomic E-state index is -1.62. The van der Waals surface area contributed by atoms with Gasteiger partial charge in [0.1, 0.15) is 5.60 Å². The predicted octanol–water partition coefficient (Wildman–Crippen LogP) is 3.54. The summed E-state index contributed by atoms with van der Waals surface area (Å²) < 4.78 is 5.25. The number of fused-ring (bicyclic) bond motifs is 5. The maximum absolute atomic E-state index is 13.2. The topological polar surface area (TPSA) is 101 Å². The van der Waals surface area contributed by atoms with Crippen LogP contribution in [0, 0.1) is 34.0 Å². The van der Waals surface area contributed by atoms with Crippen molar-refractivity contribution in [1.82, 2.24) is 0 Å². The molecule has 0 saturated heterocycles. The fourth-order valence-electron chi connectivity index (χ4n) is 7.54. The van der Waals surface area contributed by atoms with Gasteiger partial charge in [-0.1, -0.05) is 46.3 Å². The van der Waals surface area contributed by atoms with Gasteiger partial charge < -0.3 is 14.9 Å². The van der Waals surface area contributed by atoms with E-state index in [9.17, 15) is 24.6 Å². The van der Waals surface area contributed by atoms with Gasteiger partial charge in [0.15, 0.2) is 12.4 Å². The van der Waals surface area contributed by atoms with Gasteiger partial charge in [0, 0.05) is 16.7 Å². The monoisotopic (exact) mass is 458 g/mol. The number of aliphatic hydroxyl groups excluding tert-OH is 1. The molecule has 7 atom stereocenters. The fraction of sp³-hybridized carbons (Fsp3) is 0.741. The maximum Gasteiger partial charge on any atom is 0.306 e. The van der Waals surface area contributed by atoms with E-state index in [1.54, 1.807) is 12.2 Å². The highest BCUT2D eigenvalue weighted by Gasteiger charge is 2.68. The minimum Gasteiger partial charge on any atom is -0.458 e. The largest absolute Gasteiger partial charge is 0.458 e. The van der Waals surface area contributed by atoms with Crippen molar-refractivity contribution in [2.24, 2.45) is 34.0 Å². The van der Waals surface area contributed by atoms with Crippen LogP contribution in [0.15, 0.2) is 23.8 Å². The average Bonchev–Trinajstić information content (AvgIpc) is 2.96. The zero-order chi connectivity index (χ0) is 24.4. The molecule has 0 bridgehead atoms. The van der Waals surface area contributed by atoms with Crippen molar-refractivity contribution < 1.29 is 29.3 Å². The number of aliphatic hydroxyl groups is 2. The van der Waals surface area contributed by atoms with E-state index in [2.05, 4.69) is 6.92 Å². The summed E-state index contributed by atoms with van der Waals surface area (Å²) in [5, 5.41) is 23.1. The van der Waals surface area contributed by atoms with Crippen molar-refractivity contribution in [3.63, 3.8) is 0 Å². The average molecular weight is 459 g/mol. The highest BCUT2D eigenvalue weighted by molar-refractivity contribution is 6.01. The van der Waals surface area contributed by atoms with Crippen molar-refractivity contribution >= 4 is 17.5 Å². The Morgan fingerprint density at radius 3 is 2.58 bits per heavy atom. The summed E-state index contributed by atoms with van der Waals surface area (Å²) in [7, 11) is 0. The summed E-state index contributed by atoms with van der Waals surface area (Å²) in [6.45, 7) is 9.37. The number of Topliss-reactive ketones (excluding diaryl/α,β-unsaturated/α-hetero) is 1. The Bertz CT molecular complexity index is 925. The number of esters is 1. The fourth-order valence-corrected chi connectivity index (χ4v) is 7.54. The molecule has 3 saturated carbocycles. The van der Waals surface area contributed by atoms with Crippen molar-refractivity contribution in [2.75, 3.05) is 6.61 Å². The number of hydrogen-bond acceptors (Lipinski definition) is 6. The van der Waals surface area contributed by atoms with Gasteiger partial charge >= 0.3 is 5.97 Å². The lowest BCUT2D eigenvalue weighted by molar-refractivity contribution is -0.181. The van der Waals surface area contributed by atoms with Gasteiger partial charge in [-0.2, -0.15) is 0 Å². The van der Waals surface area contributed by atoms with E-state index >= 15 is 0 Å². The summed E-state index contributed by atoms with van der Waals surface area (Å²) in [5.41, 5.74) is -1.96. The third-order valence-corrected chi connectivity index (χ3v) is 9.15. The van der Waals surface area contributed by atoms with Crippen LogP contribution in [-0.4, -0.2) is 46.1 Å². The van der Waals surface area contributed by atoms with Crippen molar-refractivity contribution in [2.45, 2.75) is 84.8 Å². The second kappa shape index (κ2) is 7.88. The lowest BCUT2D eigenvalue weighted by Gasteiger charge is -2.59. The molecule has 4 rings (SSSR count). The van der Waals surface area contributed by atoms with Gasteiger partial charge in [0.05, 0.1) is 12.5 Å². The Morgan fingerprint density at radius 1 is 1.21 bits per heavy atom. The van der Waals surface area contributed by atoms with Crippen LogP contribution >= 0.6 is 0 Å². The Kier molecular flexibility index (Phi) is 5.81. The van der Waals surface area contributed by atoms with E-state index in [1.807, 2.05) is 33.8 Å². The number of rotatable bonds is 4. The van der Waals surface area contributed by atoms with Crippen LogP contribution in [-0.2, 0) is 19.1 Å². The van der Waals surface area contributed by atoms with E-state index in [0.717, 1.165) is 18.4 Å². The molecule has 0 heterocycles. The number of hydrogen-bond donors (Lipinski definition) is 2. The van der Waals surface area contributed by atoms with Crippen LogP contribution in [0.5, 0.6) is 0 Å². The smallest absolute Gasteiger partial charge is 0.306 e. The van der Waals surface area contributed by atoms with E-state index in [4.69, 9.17) is 4.74 Å². The standard InChI is InChI=1S/C27H38O6/c1-24(2,3)14-22(31)33-15-21(30)27(32)11-9-19-18-7-6-16-12-17(28)8-10-25(16,4)23(18)20(29)13-26(19,27)5/h8,10,12,18-20,23,29,32H,6-7,9,11,13-15H2,1-5H3/t18-,19-,20-,23?,25-,26-,27-/m0/s1. The SMILES string of the molecule is CC(C)(C)CC(=O)OCC(=O)[C@@]1(O)CC[C@H]2[C@@H]3CCC4=CC(=O)C=C[C@]4(C)C3[C@@H](O)C[C@@]21C. The van der Waals surface area contributed by atoms with E-state index in [0.29, 0.717) is 19.3 Å². The molecular formula is C27H38O6. The van der Waals surface area contributed by atoms with Crippen LogP contribution in [0.25, 0.3) is 0 Å². The quantitative estimate of drug-likeness (QED) is 0.625. The Morgan fingerprint density at radius 2 is 1.91 bits per heavy atom. The van der Waals surface area contributed by atoms with Gasteiger partial charge in [0.25, 0.3) is 0 Å². The molecule has 0 amide bonds. The molecule has 0 spiro atoms. The Hall–Kier alpha value is -1.79.